The maximum Gasteiger partial charge on any atom is 0.166 e. The van der Waals surface area contributed by atoms with Gasteiger partial charge in [-0.25, -0.2) is 4.39 Å². The lowest BCUT2D eigenvalue weighted by Gasteiger charge is -2.19. The van der Waals surface area contributed by atoms with Crippen molar-refractivity contribution < 1.29 is 19.0 Å². The van der Waals surface area contributed by atoms with Crippen LogP contribution in [-0.4, -0.2) is 12.2 Å². The fraction of sp³-hybridized carbons (Fsp3) is 0.0857. The molecule has 0 amide bonds. The summed E-state index contributed by atoms with van der Waals surface area (Å²) in [6.45, 7) is 0.00621. The maximum atomic E-state index is 14.3. The van der Waals surface area contributed by atoms with E-state index in [-0.39, 0.29) is 18.2 Å². The fourth-order valence-electron chi connectivity index (χ4n) is 5.17. The molecule has 0 aromatic heterocycles. The molecule has 6 aromatic carbocycles. The summed E-state index contributed by atoms with van der Waals surface area (Å²) in [5.41, 5.74) is 4.29. The molecule has 192 valence electrons. The average Bonchev–Trinajstić information content (AvgIpc) is 2.98. The Bertz CT molecular complexity index is 1790. The van der Waals surface area contributed by atoms with E-state index < -0.39 is 0 Å². The minimum absolute atomic E-state index is 0.00621. The van der Waals surface area contributed by atoms with E-state index in [0.717, 1.165) is 44.0 Å². The highest BCUT2D eigenvalue weighted by molar-refractivity contribution is 6.09. The van der Waals surface area contributed by atoms with Crippen LogP contribution in [0.2, 0.25) is 0 Å². The zero-order valence-electron chi connectivity index (χ0n) is 21.5. The van der Waals surface area contributed by atoms with Gasteiger partial charge in [-0.3, -0.25) is 0 Å². The van der Waals surface area contributed by atoms with Crippen molar-refractivity contribution in [2.45, 2.75) is 13.0 Å². The highest BCUT2D eigenvalue weighted by Gasteiger charge is 2.21. The molecule has 0 aliphatic rings. The SMILES string of the molecule is COc1ccc(Cc2ccc3ccccc3c2-c2c(O)c(OCc3ccccc3F)cc3ccccc23)cc1. The van der Waals surface area contributed by atoms with E-state index in [4.69, 9.17) is 9.47 Å². The number of halogens is 1. The molecule has 1 N–H and O–H groups in total. The summed E-state index contributed by atoms with van der Waals surface area (Å²) in [6, 6.07) is 36.8. The molecule has 0 unspecified atom stereocenters. The molecule has 0 aliphatic carbocycles. The number of benzene rings is 6. The number of hydrogen-bond acceptors (Lipinski definition) is 3. The van der Waals surface area contributed by atoms with E-state index in [1.807, 2.05) is 54.6 Å². The summed E-state index contributed by atoms with van der Waals surface area (Å²) >= 11 is 0. The Kier molecular flexibility index (Phi) is 6.60. The van der Waals surface area contributed by atoms with E-state index >= 15 is 0 Å². The number of fused-ring (bicyclic) bond motifs is 2. The van der Waals surface area contributed by atoms with Gasteiger partial charge in [0.1, 0.15) is 18.2 Å². The van der Waals surface area contributed by atoms with Gasteiger partial charge < -0.3 is 14.6 Å². The maximum absolute atomic E-state index is 14.3. The summed E-state index contributed by atoms with van der Waals surface area (Å²) in [5.74, 6) is 0.822. The topological polar surface area (TPSA) is 38.7 Å². The van der Waals surface area contributed by atoms with Crippen molar-refractivity contribution in [3.05, 3.63) is 138 Å². The monoisotopic (exact) mass is 514 g/mol. The Morgan fingerprint density at radius 1 is 0.667 bits per heavy atom. The van der Waals surface area contributed by atoms with E-state index in [1.54, 1.807) is 25.3 Å². The van der Waals surface area contributed by atoms with Crippen LogP contribution in [0, 0.1) is 5.82 Å². The second-order valence-electron chi connectivity index (χ2n) is 9.55. The van der Waals surface area contributed by atoms with Crippen LogP contribution < -0.4 is 9.47 Å². The first-order chi connectivity index (χ1) is 19.1. The molecular weight excluding hydrogens is 487 g/mol. The normalized spacial score (nSPS) is 11.1. The third-order valence-electron chi connectivity index (χ3n) is 7.15. The molecule has 6 rings (SSSR count). The van der Waals surface area contributed by atoms with Crippen LogP contribution in [0.15, 0.2) is 115 Å². The molecule has 3 nitrogen and oxygen atoms in total. The lowest BCUT2D eigenvalue weighted by Crippen LogP contribution is -2.00. The first kappa shape index (κ1) is 24.5. The second-order valence-corrected chi connectivity index (χ2v) is 9.55. The smallest absolute Gasteiger partial charge is 0.166 e. The molecule has 0 saturated heterocycles. The predicted molar refractivity (Wildman–Crippen MR) is 155 cm³/mol. The Morgan fingerprint density at radius 3 is 2.08 bits per heavy atom. The van der Waals surface area contributed by atoms with E-state index in [0.29, 0.717) is 23.3 Å². The van der Waals surface area contributed by atoms with Crippen LogP contribution in [0.5, 0.6) is 17.2 Å². The molecule has 0 saturated carbocycles. The van der Waals surface area contributed by atoms with Crippen LogP contribution in [0.4, 0.5) is 4.39 Å². The number of rotatable bonds is 7. The third kappa shape index (κ3) is 4.77. The van der Waals surface area contributed by atoms with Gasteiger partial charge >= 0.3 is 0 Å². The number of phenols is 1. The van der Waals surface area contributed by atoms with Crippen LogP contribution in [0.25, 0.3) is 32.7 Å². The molecule has 39 heavy (non-hydrogen) atoms. The summed E-state index contributed by atoms with van der Waals surface area (Å²) in [7, 11) is 1.66. The number of aromatic hydroxyl groups is 1. The van der Waals surface area contributed by atoms with Crippen LogP contribution in [0.3, 0.4) is 0 Å². The number of ether oxygens (including phenoxy) is 2. The summed E-state index contributed by atoms with van der Waals surface area (Å²) in [5, 5.41) is 15.7. The van der Waals surface area contributed by atoms with Crippen molar-refractivity contribution in [1.82, 2.24) is 0 Å². The Labute approximate surface area is 226 Å². The first-order valence-corrected chi connectivity index (χ1v) is 12.9. The number of hydrogen-bond donors (Lipinski definition) is 1. The molecule has 0 atom stereocenters. The molecule has 0 spiro atoms. The Hall–Kier alpha value is -4.83. The van der Waals surface area contributed by atoms with Crippen molar-refractivity contribution in [2.75, 3.05) is 7.11 Å². The lowest BCUT2D eigenvalue weighted by molar-refractivity contribution is 0.285. The van der Waals surface area contributed by atoms with Gasteiger partial charge in [0.05, 0.1) is 7.11 Å². The molecule has 6 aromatic rings. The summed E-state index contributed by atoms with van der Waals surface area (Å²) in [4.78, 5) is 0. The molecule has 4 heteroatoms. The highest BCUT2D eigenvalue weighted by atomic mass is 19.1. The minimum atomic E-state index is -0.339. The molecule has 0 fully saturated rings. The van der Waals surface area contributed by atoms with E-state index in [1.165, 1.54) is 6.07 Å². The summed E-state index contributed by atoms with van der Waals surface area (Å²) in [6.07, 6.45) is 0.665. The second kappa shape index (κ2) is 10.5. The van der Waals surface area contributed by atoms with Gasteiger partial charge in [0.25, 0.3) is 0 Å². The van der Waals surface area contributed by atoms with Crippen molar-refractivity contribution in [3.8, 4) is 28.4 Å². The van der Waals surface area contributed by atoms with Gasteiger partial charge in [-0.15, -0.1) is 0 Å². The third-order valence-corrected chi connectivity index (χ3v) is 7.15. The van der Waals surface area contributed by atoms with E-state index in [9.17, 15) is 9.50 Å². The highest BCUT2D eigenvalue weighted by Crippen LogP contribution is 2.47. The Morgan fingerprint density at radius 2 is 1.33 bits per heavy atom. The van der Waals surface area contributed by atoms with Crippen molar-refractivity contribution >= 4 is 21.5 Å². The quantitative estimate of drug-likeness (QED) is 0.232. The molecule has 0 bridgehead atoms. The van der Waals surface area contributed by atoms with Gasteiger partial charge in [-0.05, 0) is 68.9 Å². The van der Waals surface area contributed by atoms with Gasteiger partial charge in [0.2, 0.25) is 0 Å². The van der Waals surface area contributed by atoms with Crippen LogP contribution in [-0.2, 0) is 13.0 Å². The largest absolute Gasteiger partial charge is 0.504 e. The van der Waals surface area contributed by atoms with E-state index in [2.05, 4.69) is 36.4 Å². The average molecular weight is 515 g/mol. The molecular formula is C35H27FO3. The number of phenolic OH excluding ortho intramolecular Hbond substituents is 1. The van der Waals surface area contributed by atoms with Crippen LogP contribution in [0.1, 0.15) is 16.7 Å². The lowest BCUT2D eigenvalue weighted by atomic mass is 9.87. The van der Waals surface area contributed by atoms with Gasteiger partial charge in [0.15, 0.2) is 11.5 Å². The number of methoxy groups -OCH3 is 1. The van der Waals surface area contributed by atoms with Crippen LogP contribution >= 0.6 is 0 Å². The zero-order chi connectivity index (χ0) is 26.8. The Balaban J connectivity index is 1.55. The fourth-order valence-corrected chi connectivity index (χ4v) is 5.17. The standard InChI is InChI=1S/C35H27FO3/c1-38-28-18-14-23(15-19-28)20-26-17-16-24-8-2-5-11-29(24)33(26)34-30-12-6-3-9-25(30)21-32(35(34)37)39-22-27-10-4-7-13-31(27)36/h2-19,21,37H,20,22H2,1H3. The molecule has 0 aliphatic heterocycles. The molecule has 0 heterocycles. The van der Waals surface area contributed by atoms with Crippen molar-refractivity contribution in [3.63, 3.8) is 0 Å². The van der Waals surface area contributed by atoms with Gasteiger partial charge in [0, 0.05) is 11.1 Å². The minimum Gasteiger partial charge on any atom is -0.504 e. The van der Waals surface area contributed by atoms with Crippen molar-refractivity contribution in [1.29, 1.82) is 0 Å². The first-order valence-electron chi connectivity index (χ1n) is 12.9. The van der Waals surface area contributed by atoms with Gasteiger partial charge in [-0.2, -0.15) is 0 Å². The molecule has 0 radical (unpaired) electrons. The predicted octanol–water partition coefficient (Wildman–Crippen LogP) is 8.68. The summed E-state index contributed by atoms with van der Waals surface area (Å²) < 4.78 is 25.7. The van der Waals surface area contributed by atoms with Crippen molar-refractivity contribution in [2.24, 2.45) is 0 Å². The zero-order valence-corrected chi connectivity index (χ0v) is 21.5. The van der Waals surface area contributed by atoms with Gasteiger partial charge in [-0.1, -0.05) is 91.0 Å².